The van der Waals surface area contributed by atoms with E-state index in [0.29, 0.717) is 39.5 Å². The van der Waals surface area contributed by atoms with E-state index in [1.54, 1.807) is 17.9 Å². The first-order valence-electron chi connectivity index (χ1n) is 7.95. The summed E-state index contributed by atoms with van der Waals surface area (Å²) in [5.74, 6) is -0.513. The van der Waals surface area contributed by atoms with Gasteiger partial charge in [0.05, 0.1) is 5.02 Å². The number of hydrogen-bond acceptors (Lipinski definition) is 3. The molecule has 3 rings (SSSR count). The molecule has 0 saturated carbocycles. The second-order valence-corrected chi connectivity index (χ2v) is 7.33. The molecular formula is C17H18ClFN2O2S. The highest BCUT2D eigenvalue weighted by molar-refractivity contribution is 7.21. The van der Waals surface area contributed by atoms with E-state index in [4.69, 9.17) is 11.6 Å². The highest BCUT2D eigenvalue weighted by atomic mass is 35.5. The van der Waals surface area contributed by atoms with Crippen molar-refractivity contribution in [2.75, 3.05) is 13.1 Å². The summed E-state index contributed by atoms with van der Waals surface area (Å²) >= 11 is 7.55. The Bertz CT molecular complexity index is 792. The van der Waals surface area contributed by atoms with Gasteiger partial charge in [0, 0.05) is 35.6 Å². The van der Waals surface area contributed by atoms with Crippen molar-refractivity contribution in [2.24, 2.45) is 0 Å². The minimum atomic E-state index is -0.347. The van der Waals surface area contributed by atoms with Crippen molar-refractivity contribution in [1.29, 1.82) is 0 Å². The summed E-state index contributed by atoms with van der Waals surface area (Å²) in [5, 5.41) is 4.01. The van der Waals surface area contributed by atoms with Crippen molar-refractivity contribution in [2.45, 2.75) is 32.2 Å². The van der Waals surface area contributed by atoms with Crippen molar-refractivity contribution < 1.29 is 14.0 Å². The molecule has 0 spiro atoms. The van der Waals surface area contributed by atoms with Gasteiger partial charge in [-0.1, -0.05) is 18.5 Å². The maximum Gasteiger partial charge on any atom is 0.265 e. The zero-order valence-corrected chi connectivity index (χ0v) is 14.8. The van der Waals surface area contributed by atoms with Gasteiger partial charge in [0.15, 0.2) is 0 Å². The first-order chi connectivity index (χ1) is 11.5. The van der Waals surface area contributed by atoms with Gasteiger partial charge in [0.2, 0.25) is 5.91 Å². The summed E-state index contributed by atoms with van der Waals surface area (Å²) in [5.41, 5.74) is 0. The van der Waals surface area contributed by atoms with Crippen LogP contribution in [0.15, 0.2) is 18.2 Å². The summed E-state index contributed by atoms with van der Waals surface area (Å²) in [7, 11) is 0. The molecule has 128 valence electrons. The molecule has 1 aromatic heterocycles. The van der Waals surface area contributed by atoms with Gasteiger partial charge >= 0.3 is 0 Å². The SMILES string of the molecule is CCC(=O)NC1CCCN(C(=O)c2sc3cc(F)ccc3c2Cl)C1. The zero-order valence-electron chi connectivity index (χ0n) is 13.3. The number of amides is 2. The Kier molecular flexibility index (Phi) is 5.06. The molecule has 4 nitrogen and oxygen atoms in total. The molecule has 24 heavy (non-hydrogen) atoms. The largest absolute Gasteiger partial charge is 0.352 e. The van der Waals surface area contributed by atoms with E-state index in [-0.39, 0.29) is 23.7 Å². The molecule has 1 fully saturated rings. The molecule has 7 heteroatoms. The summed E-state index contributed by atoms with van der Waals surface area (Å²) in [6.45, 7) is 2.91. The number of fused-ring (bicyclic) bond motifs is 1. The van der Waals surface area contributed by atoms with Crippen LogP contribution in [0.4, 0.5) is 4.39 Å². The van der Waals surface area contributed by atoms with Crippen LogP contribution in [-0.2, 0) is 4.79 Å². The zero-order chi connectivity index (χ0) is 17.3. The number of halogens is 2. The average Bonchev–Trinajstić information content (AvgIpc) is 2.90. The number of benzene rings is 1. The number of nitrogens with one attached hydrogen (secondary N) is 1. The van der Waals surface area contributed by atoms with Crippen LogP contribution in [0.2, 0.25) is 5.02 Å². The predicted molar refractivity (Wildman–Crippen MR) is 94.2 cm³/mol. The molecule has 0 radical (unpaired) electrons. The third kappa shape index (κ3) is 3.39. The molecule has 1 unspecified atom stereocenters. The summed E-state index contributed by atoms with van der Waals surface area (Å²) in [4.78, 5) is 26.5. The van der Waals surface area contributed by atoms with E-state index in [0.717, 1.165) is 12.8 Å². The first kappa shape index (κ1) is 17.2. The van der Waals surface area contributed by atoms with Crippen LogP contribution in [0.1, 0.15) is 35.9 Å². The van der Waals surface area contributed by atoms with E-state index < -0.39 is 0 Å². The Balaban J connectivity index is 1.81. The number of carbonyl (C=O) groups is 2. The summed E-state index contributed by atoms with van der Waals surface area (Å²) in [6, 6.07) is 4.30. The van der Waals surface area contributed by atoms with Crippen molar-refractivity contribution in [3.63, 3.8) is 0 Å². The number of rotatable bonds is 3. The molecule has 1 saturated heterocycles. The van der Waals surface area contributed by atoms with Crippen molar-refractivity contribution >= 4 is 44.8 Å². The van der Waals surface area contributed by atoms with Crippen LogP contribution in [0, 0.1) is 5.82 Å². The van der Waals surface area contributed by atoms with E-state index in [1.165, 1.54) is 23.5 Å². The second kappa shape index (κ2) is 7.07. The summed E-state index contributed by atoms with van der Waals surface area (Å²) in [6.07, 6.45) is 2.12. The fourth-order valence-corrected chi connectivity index (χ4v) is 4.43. The molecule has 0 aliphatic carbocycles. The predicted octanol–water partition coefficient (Wildman–Crippen LogP) is 3.82. The fraction of sp³-hybridized carbons (Fsp3) is 0.412. The van der Waals surface area contributed by atoms with Gasteiger partial charge in [-0.2, -0.15) is 0 Å². The molecule has 1 N–H and O–H groups in total. The first-order valence-corrected chi connectivity index (χ1v) is 9.15. The van der Waals surface area contributed by atoms with Crippen LogP contribution in [0.5, 0.6) is 0 Å². The molecule has 2 aromatic rings. The molecule has 1 aromatic carbocycles. The highest BCUT2D eigenvalue weighted by Crippen LogP contribution is 2.36. The number of likely N-dealkylation sites (tertiary alicyclic amines) is 1. The highest BCUT2D eigenvalue weighted by Gasteiger charge is 2.28. The Morgan fingerprint density at radius 1 is 1.46 bits per heavy atom. The van der Waals surface area contributed by atoms with Gasteiger partial charge in [-0.05, 0) is 31.0 Å². The van der Waals surface area contributed by atoms with Crippen LogP contribution < -0.4 is 5.32 Å². The van der Waals surface area contributed by atoms with Crippen LogP contribution in [0.25, 0.3) is 10.1 Å². The maximum atomic E-state index is 13.4. The minimum Gasteiger partial charge on any atom is -0.352 e. The van der Waals surface area contributed by atoms with Crippen molar-refractivity contribution in [3.8, 4) is 0 Å². The molecular weight excluding hydrogens is 351 g/mol. The third-order valence-electron chi connectivity index (χ3n) is 4.18. The smallest absolute Gasteiger partial charge is 0.265 e. The van der Waals surface area contributed by atoms with Crippen molar-refractivity contribution in [3.05, 3.63) is 33.9 Å². The Morgan fingerprint density at radius 3 is 3.00 bits per heavy atom. The van der Waals surface area contributed by atoms with Gasteiger partial charge in [-0.15, -0.1) is 11.3 Å². The number of carbonyl (C=O) groups excluding carboxylic acids is 2. The van der Waals surface area contributed by atoms with Crippen LogP contribution in [0.3, 0.4) is 0 Å². The van der Waals surface area contributed by atoms with Crippen LogP contribution >= 0.6 is 22.9 Å². The lowest BCUT2D eigenvalue weighted by molar-refractivity contribution is -0.121. The molecule has 1 aliphatic heterocycles. The maximum absolute atomic E-state index is 13.4. The normalized spacial score (nSPS) is 18.0. The average molecular weight is 369 g/mol. The monoisotopic (exact) mass is 368 g/mol. The third-order valence-corrected chi connectivity index (χ3v) is 5.83. The molecule has 0 bridgehead atoms. The van der Waals surface area contributed by atoms with Gasteiger partial charge in [-0.25, -0.2) is 4.39 Å². The fourth-order valence-electron chi connectivity index (χ4n) is 2.93. The number of nitrogens with zero attached hydrogens (tertiary/aromatic N) is 1. The van der Waals surface area contributed by atoms with E-state index in [9.17, 15) is 14.0 Å². The van der Waals surface area contributed by atoms with Crippen LogP contribution in [-0.4, -0.2) is 35.8 Å². The van der Waals surface area contributed by atoms with E-state index in [2.05, 4.69) is 5.32 Å². The number of thiophene rings is 1. The Morgan fingerprint density at radius 2 is 2.25 bits per heavy atom. The molecule has 1 aliphatic rings. The molecule has 2 heterocycles. The van der Waals surface area contributed by atoms with Gasteiger partial charge in [0.1, 0.15) is 10.7 Å². The van der Waals surface area contributed by atoms with E-state index >= 15 is 0 Å². The van der Waals surface area contributed by atoms with Crippen molar-refractivity contribution in [1.82, 2.24) is 10.2 Å². The molecule has 2 amide bonds. The Labute approximate surface area is 148 Å². The lowest BCUT2D eigenvalue weighted by Gasteiger charge is -2.33. The van der Waals surface area contributed by atoms with Gasteiger partial charge < -0.3 is 10.2 Å². The summed E-state index contributed by atoms with van der Waals surface area (Å²) < 4.78 is 14.0. The topological polar surface area (TPSA) is 49.4 Å². The quantitative estimate of drug-likeness (QED) is 0.895. The van der Waals surface area contributed by atoms with Gasteiger partial charge in [0.25, 0.3) is 5.91 Å². The standard InChI is InChI=1S/C17H18ClFN2O2S/c1-2-14(22)20-11-4-3-7-21(9-11)17(23)16-15(18)12-6-5-10(19)8-13(12)24-16/h5-6,8,11H,2-4,7,9H2,1H3,(H,20,22). The second-order valence-electron chi connectivity index (χ2n) is 5.90. The van der Waals surface area contributed by atoms with E-state index in [1.807, 2.05) is 0 Å². The van der Waals surface area contributed by atoms with Gasteiger partial charge in [-0.3, -0.25) is 9.59 Å². The molecule has 1 atom stereocenters. The minimum absolute atomic E-state index is 0.00957. The lowest BCUT2D eigenvalue weighted by atomic mass is 10.1. The number of piperidine rings is 1. The lowest BCUT2D eigenvalue weighted by Crippen LogP contribution is -2.49. The Hall–Kier alpha value is -1.66. The number of hydrogen-bond donors (Lipinski definition) is 1.